The highest BCUT2D eigenvalue weighted by atomic mass is 127. The molecular weight excluding hydrogens is 317 g/mol. The Labute approximate surface area is 110 Å². The molecular formula is C12H16INO2. The zero-order valence-electron chi connectivity index (χ0n) is 9.50. The Morgan fingerprint density at radius 2 is 2.31 bits per heavy atom. The van der Waals surface area contributed by atoms with E-state index in [1.807, 2.05) is 38.1 Å². The van der Waals surface area contributed by atoms with Crippen molar-refractivity contribution in [2.24, 2.45) is 0 Å². The predicted molar refractivity (Wildman–Crippen MR) is 73.5 cm³/mol. The SMILES string of the molecule is CCOC(=O)CC(C)Nc1cccc(I)c1. The Bertz CT molecular complexity index is 355. The van der Waals surface area contributed by atoms with Gasteiger partial charge in [0, 0.05) is 15.3 Å². The van der Waals surface area contributed by atoms with E-state index in [0.29, 0.717) is 13.0 Å². The van der Waals surface area contributed by atoms with E-state index >= 15 is 0 Å². The van der Waals surface area contributed by atoms with E-state index in [1.165, 1.54) is 3.57 Å². The predicted octanol–water partition coefficient (Wildman–Crippen LogP) is 3.04. The van der Waals surface area contributed by atoms with Crippen molar-refractivity contribution in [3.05, 3.63) is 27.8 Å². The smallest absolute Gasteiger partial charge is 0.307 e. The molecule has 1 unspecified atom stereocenters. The standard InChI is InChI=1S/C12H16INO2/c1-3-16-12(15)7-9(2)14-11-6-4-5-10(13)8-11/h4-6,8-9,14H,3,7H2,1-2H3. The minimum absolute atomic E-state index is 0.0808. The van der Waals surface area contributed by atoms with Gasteiger partial charge in [-0.3, -0.25) is 4.79 Å². The van der Waals surface area contributed by atoms with Crippen LogP contribution in [0.3, 0.4) is 0 Å². The van der Waals surface area contributed by atoms with E-state index in [2.05, 4.69) is 27.9 Å². The van der Waals surface area contributed by atoms with Gasteiger partial charge in [-0.2, -0.15) is 0 Å². The maximum Gasteiger partial charge on any atom is 0.307 e. The molecule has 0 aliphatic rings. The van der Waals surface area contributed by atoms with E-state index in [4.69, 9.17) is 4.74 Å². The fourth-order valence-corrected chi connectivity index (χ4v) is 1.93. The van der Waals surface area contributed by atoms with Crippen LogP contribution in [0.25, 0.3) is 0 Å². The van der Waals surface area contributed by atoms with Gasteiger partial charge in [-0.25, -0.2) is 0 Å². The van der Waals surface area contributed by atoms with Crippen molar-refractivity contribution in [2.75, 3.05) is 11.9 Å². The van der Waals surface area contributed by atoms with Crippen LogP contribution in [-0.2, 0) is 9.53 Å². The number of hydrogen-bond acceptors (Lipinski definition) is 3. The number of anilines is 1. The molecule has 0 aromatic heterocycles. The second-order valence-corrected chi connectivity index (χ2v) is 4.81. The fraction of sp³-hybridized carbons (Fsp3) is 0.417. The lowest BCUT2D eigenvalue weighted by Crippen LogP contribution is -2.21. The minimum atomic E-state index is -0.159. The molecule has 1 aromatic carbocycles. The summed E-state index contributed by atoms with van der Waals surface area (Å²) in [5, 5.41) is 3.27. The Balaban J connectivity index is 2.45. The summed E-state index contributed by atoms with van der Waals surface area (Å²) in [6.45, 7) is 4.22. The van der Waals surface area contributed by atoms with Crippen molar-refractivity contribution in [3.63, 3.8) is 0 Å². The molecule has 0 heterocycles. The van der Waals surface area contributed by atoms with Gasteiger partial charge in [0.15, 0.2) is 0 Å². The minimum Gasteiger partial charge on any atom is -0.466 e. The summed E-state index contributed by atoms with van der Waals surface area (Å²) in [6, 6.07) is 8.13. The zero-order chi connectivity index (χ0) is 12.0. The van der Waals surface area contributed by atoms with Gasteiger partial charge in [0.1, 0.15) is 0 Å². The first kappa shape index (κ1) is 13.3. The van der Waals surface area contributed by atoms with Crippen LogP contribution >= 0.6 is 22.6 Å². The highest BCUT2D eigenvalue weighted by molar-refractivity contribution is 14.1. The van der Waals surface area contributed by atoms with Gasteiger partial charge in [0.25, 0.3) is 0 Å². The molecule has 88 valence electrons. The van der Waals surface area contributed by atoms with Crippen molar-refractivity contribution in [1.82, 2.24) is 0 Å². The first-order valence-corrected chi connectivity index (χ1v) is 6.37. The second kappa shape index (κ2) is 6.73. The summed E-state index contributed by atoms with van der Waals surface area (Å²) < 4.78 is 6.07. The summed E-state index contributed by atoms with van der Waals surface area (Å²) in [7, 11) is 0. The van der Waals surface area contributed by atoms with Gasteiger partial charge < -0.3 is 10.1 Å². The van der Waals surface area contributed by atoms with E-state index < -0.39 is 0 Å². The Morgan fingerprint density at radius 1 is 1.56 bits per heavy atom. The molecule has 0 radical (unpaired) electrons. The number of ether oxygens (including phenoxy) is 1. The highest BCUT2D eigenvalue weighted by Gasteiger charge is 2.09. The van der Waals surface area contributed by atoms with Gasteiger partial charge in [-0.1, -0.05) is 6.07 Å². The molecule has 1 N–H and O–H groups in total. The summed E-state index contributed by atoms with van der Waals surface area (Å²) in [5.74, 6) is -0.159. The summed E-state index contributed by atoms with van der Waals surface area (Å²) in [6.07, 6.45) is 0.388. The third-order valence-corrected chi connectivity index (χ3v) is 2.69. The molecule has 0 aliphatic heterocycles. The lowest BCUT2D eigenvalue weighted by molar-refractivity contribution is -0.143. The molecule has 0 fully saturated rings. The molecule has 0 bridgehead atoms. The Hall–Kier alpha value is -0.780. The molecule has 0 amide bonds. The molecule has 16 heavy (non-hydrogen) atoms. The molecule has 1 rings (SSSR count). The quantitative estimate of drug-likeness (QED) is 0.665. The van der Waals surface area contributed by atoms with Crippen molar-refractivity contribution in [3.8, 4) is 0 Å². The van der Waals surface area contributed by atoms with Gasteiger partial charge >= 0.3 is 5.97 Å². The van der Waals surface area contributed by atoms with Crippen molar-refractivity contribution in [2.45, 2.75) is 26.3 Å². The number of rotatable bonds is 5. The van der Waals surface area contributed by atoms with Crippen molar-refractivity contribution in [1.29, 1.82) is 0 Å². The van der Waals surface area contributed by atoms with E-state index in [-0.39, 0.29) is 12.0 Å². The Kier molecular flexibility index (Phi) is 5.59. The molecule has 0 aliphatic carbocycles. The van der Waals surface area contributed by atoms with Crippen LogP contribution in [0.15, 0.2) is 24.3 Å². The van der Waals surface area contributed by atoms with Crippen LogP contribution in [0, 0.1) is 3.57 Å². The number of carbonyl (C=O) groups is 1. The summed E-state index contributed by atoms with van der Waals surface area (Å²) in [4.78, 5) is 11.2. The highest BCUT2D eigenvalue weighted by Crippen LogP contribution is 2.14. The molecule has 4 heteroatoms. The van der Waals surface area contributed by atoms with Gasteiger partial charge in [-0.05, 0) is 54.6 Å². The van der Waals surface area contributed by atoms with Crippen LogP contribution in [0.5, 0.6) is 0 Å². The fourth-order valence-electron chi connectivity index (χ4n) is 1.38. The average molecular weight is 333 g/mol. The van der Waals surface area contributed by atoms with Gasteiger partial charge in [0.05, 0.1) is 13.0 Å². The second-order valence-electron chi connectivity index (χ2n) is 3.56. The lowest BCUT2D eigenvalue weighted by Gasteiger charge is -2.14. The van der Waals surface area contributed by atoms with Crippen LogP contribution < -0.4 is 5.32 Å². The van der Waals surface area contributed by atoms with Crippen LogP contribution in [0.2, 0.25) is 0 Å². The number of halogens is 1. The molecule has 3 nitrogen and oxygen atoms in total. The van der Waals surface area contributed by atoms with Gasteiger partial charge in [0.2, 0.25) is 0 Å². The van der Waals surface area contributed by atoms with Crippen LogP contribution in [-0.4, -0.2) is 18.6 Å². The number of esters is 1. The summed E-state index contributed by atoms with van der Waals surface area (Å²) >= 11 is 2.26. The third kappa shape index (κ3) is 4.83. The van der Waals surface area contributed by atoms with E-state index in [1.54, 1.807) is 0 Å². The third-order valence-electron chi connectivity index (χ3n) is 2.02. The number of hydrogen-bond donors (Lipinski definition) is 1. The van der Waals surface area contributed by atoms with Crippen molar-refractivity contribution >= 4 is 34.2 Å². The maximum absolute atomic E-state index is 11.2. The maximum atomic E-state index is 11.2. The number of nitrogens with one attached hydrogen (secondary N) is 1. The molecule has 0 saturated heterocycles. The Morgan fingerprint density at radius 3 is 2.94 bits per heavy atom. The first-order valence-electron chi connectivity index (χ1n) is 5.29. The van der Waals surface area contributed by atoms with E-state index in [0.717, 1.165) is 5.69 Å². The lowest BCUT2D eigenvalue weighted by atomic mass is 10.2. The van der Waals surface area contributed by atoms with Crippen LogP contribution in [0.4, 0.5) is 5.69 Å². The largest absolute Gasteiger partial charge is 0.466 e. The zero-order valence-corrected chi connectivity index (χ0v) is 11.7. The van der Waals surface area contributed by atoms with Gasteiger partial charge in [-0.15, -0.1) is 0 Å². The molecule has 1 atom stereocenters. The van der Waals surface area contributed by atoms with Crippen molar-refractivity contribution < 1.29 is 9.53 Å². The normalized spacial score (nSPS) is 11.9. The summed E-state index contributed by atoms with van der Waals surface area (Å²) in [5.41, 5.74) is 1.03. The average Bonchev–Trinajstić information content (AvgIpc) is 2.17. The number of benzene rings is 1. The topological polar surface area (TPSA) is 38.3 Å². The molecule has 0 spiro atoms. The first-order chi connectivity index (χ1) is 7.61. The van der Waals surface area contributed by atoms with Crippen LogP contribution in [0.1, 0.15) is 20.3 Å². The number of carbonyl (C=O) groups excluding carboxylic acids is 1. The van der Waals surface area contributed by atoms with E-state index in [9.17, 15) is 4.79 Å². The monoisotopic (exact) mass is 333 g/mol. The molecule has 0 saturated carbocycles. The molecule has 1 aromatic rings.